The molecule has 0 aliphatic rings. The minimum atomic E-state index is -0.551. The van der Waals surface area contributed by atoms with Gasteiger partial charge in [0.25, 0.3) is 0 Å². The van der Waals surface area contributed by atoms with Gasteiger partial charge in [-0.05, 0) is 12.1 Å². The molecular weight excluding hydrogens is 215 g/mol. The van der Waals surface area contributed by atoms with Gasteiger partial charge in [0.1, 0.15) is 10.7 Å². The molecule has 0 amide bonds. The van der Waals surface area contributed by atoms with Gasteiger partial charge in [-0.2, -0.15) is 0 Å². The van der Waals surface area contributed by atoms with Gasteiger partial charge < -0.3 is 5.32 Å². The molecule has 0 bridgehead atoms. The van der Waals surface area contributed by atoms with Gasteiger partial charge in [-0.3, -0.25) is 10.1 Å². The second-order valence-corrected chi connectivity index (χ2v) is 3.13. The van der Waals surface area contributed by atoms with Crippen molar-refractivity contribution in [3.8, 4) is 0 Å². The van der Waals surface area contributed by atoms with Crippen molar-refractivity contribution >= 4 is 34.6 Å². The molecule has 70 valence electrons. The third kappa shape index (κ3) is 2.02. The first kappa shape index (κ1) is 10.1. The smallest absolute Gasteiger partial charge is 0.310 e. The van der Waals surface area contributed by atoms with Gasteiger partial charge in [0.05, 0.1) is 4.92 Å². The summed E-state index contributed by atoms with van der Waals surface area (Å²) in [5.74, 6) is 0. The van der Waals surface area contributed by atoms with Crippen molar-refractivity contribution in [3.63, 3.8) is 0 Å². The topological polar surface area (TPSA) is 55.2 Å². The number of nitro benzene ring substituents is 1. The average molecular weight is 221 g/mol. The maximum absolute atomic E-state index is 10.6. The molecule has 0 saturated carbocycles. The number of nitrogens with one attached hydrogen (secondary N) is 1. The number of rotatable bonds is 2. The van der Waals surface area contributed by atoms with E-state index < -0.39 is 4.92 Å². The summed E-state index contributed by atoms with van der Waals surface area (Å²) in [6.07, 6.45) is 0. The number of benzene rings is 1. The molecule has 0 spiro atoms. The van der Waals surface area contributed by atoms with E-state index in [1.807, 2.05) is 0 Å². The van der Waals surface area contributed by atoms with Crippen LogP contribution >= 0.6 is 23.2 Å². The zero-order valence-electron chi connectivity index (χ0n) is 6.67. The predicted octanol–water partition coefficient (Wildman–Crippen LogP) is 2.94. The molecule has 0 unspecified atom stereocenters. The Kier molecular flexibility index (Phi) is 2.95. The summed E-state index contributed by atoms with van der Waals surface area (Å²) in [5, 5.41) is 13.6. The number of halogens is 2. The number of hydrogen-bond donors (Lipinski definition) is 1. The molecule has 0 atom stereocenters. The largest absolute Gasteiger partial charge is 0.382 e. The molecule has 6 heteroatoms. The van der Waals surface area contributed by atoms with E-state index in [0.717, 1.165) is 0 Å². The Hall–Kier alpha value is -1.00. The molecule has 0 aliphatic heterocycles. The van der Waals surface area contributed by atoms with Crippen molar-refractivity contribution in [2.24, 2.45) is 0 Å². The van der Waals surface area contributed by atoms with E-state index in [2.05, 4.69) is 5.32 Å². The quantitative estimate of drug-likeness (QED) is 0.616. The fraction of sp³-hybridized carbons (Fsp3) is 0.143. The van der Waals surface area contributed by atoms with Crippen LogP contribution in [0.3, 0.4) is 0 Å². The van der Waals surface area contributed by atoms with Gasteiger partial charge in [0, 0.05) is 12.1 Å². The molecule has 1 N–H and O–H groups in total. The van der Waals surface area contributed by atoms with E-state index in [1.165, 1.54) is 12.1 Å². The van der Waals surface area contributed by atoms with Crippen molar-refractivity contribution in [1.82, 2.24) is 0 Å². The van der Waals surface area contributed by atoms with E-state index >= 15 is 0 Å². The van der Waals surface area contributed by atoms with Crippen LogP contribution in [0, 0.1) is 10.1 Å². The summed E-state index contributed by atoms with van der Waals surface area (Å²) in [6.45, 7) is 0. The molecule has 1 rings (SSSR count). The summed E-state index contributed by atoms with van der Waals surface area (Å²) >= 11 is 11.3. The molecule has 0 aromatic heterocycles. The second-order valence-electron chi connectivity index (χ2n) is 2.29. The van der Waals surface area contributed by atoms with Crippen molar-refractivity contribution in [2.75, 3.05) is 12.4 Å². The molecule has 1 aromatic carbocycles. The van der Waals surface area contributed by atoms with Gasteiger partial charge in [-0.15, -0.1) is 0 Å². The fourth-order valence-corrected chi connectivity index (χ4v) is 1.50. The highest BCUT2D eigenvalue weighted by atomic mass is 35.5. The highest BCUT2D eigenvalue weighted by Gasteiger charge is 2.18. The first-order valence-electron chi connectivity index (χ1n) is 3.37. The molecule has 0 radical (unpaired) electrons. The van der Waals surface area contributed by atoms with E-state index in [1.54, 1.807) is 7.05 Å². The minimum Gasteiger partial charge on any atom is -0.382 e. The summed E-state index contributed by atoms with van der Waals surface area (Å²) in [6, 6.07) is 2.79. The first-order chi connectivity index (χ1) is 6.06. The maximum atomic E-state index is 10.6. The lowest BCUT2D eigenvalue weighted by molar-refractivity contribution is -0.383. The highest BCUT2D eigenvalue weighted by Crippen LogP contribution is 2.35. The third-order valence-electron chi connectivity index (χ3n) is 1.48. The zero-order valence-corrected chi connectivity index (χ0v) is 8.19. The van der Waals surface area contributed by atoms with Crippen LogP contribution in [0.1, 0.15) is 0 Å². The third-order valence-corrected chi connectivity index (χ3v) is 1.99. The van der Waals surface area contributed by atoms with Crippen molar-refractivity contribution in [3.05, 3.63) is 32.3 Å². The monoisotopic (exact) mass is 220 g/mol. The summed E-state index contributed by atoms with van der Waals surface area (Å²) < 4.78 is 0. The lowest BCUT2D eigenvalue weighted by Gasteiger charge is -2.03. The Bertz CT molecular complexity index is 355. The van der Waals surface area contributed by atoms with Gasteiger partial charge in [-0.25, -0.2) is 0 Å². The zero-order chi connectivity index (χ0) is 10.0. The van der Waals surface area contributed by atoms with Crippen molar-refractivity contribution in [2.45, 2.75) is 0 Å². The summed E-state index contributed by atoms with van der Waals surface area (Å²) in [4.78, 5) is 10.00. The minimum absolute atomic E-state index is 0.0295. The van der Waals surface area contributed by atoms with Gasteiger partial charge in [0.2, 0.25) is 0 Å². The lowest BCUT2D eigenvalue weighted by atomic mass is 10.2. The molecule has 4 nitrogen and oxygen atoms in total. The Labute approximate surface area is 84.6 Å². The summed E-state index contributed by atoms with van der Waals surface area (Å²) in [7, 11) is 1.56. The Morgan fingerprint density at radius 2 is 2.08 bits per heavy atom. The van der Waals surface area contributed by atoms with Crippen LogP contribution in [0.2, 0.25) is 10.0 Å². The normalized spacial score (nSPS) is 9.77. The molecule has 1 aromatic rings. The lowest BCUT2D eigenvalue weighted by Crippen LogP contribution is -1.97. The fourth-order valence-electron chi connectivity index (χ4n) is 0.942. The molecule has 0 aliphatic carbocycles. The molecule has 0 fully saturated rings. The van der Waals surface area contributed by atoms with Crippen molar-refractivity contribution < 1.29 is 4.92 Å². The molecule has 13 heavy (non-hydrogen) atoms. The Morgan fingerprint density at radius 3 is 2.54 bits per heavy atom. The van der Waals surface area contributed by atoms with Crippen LogP contribution in [0.4, 0.5) is 11.4 Å². The molecule has 0 saturated heterocycles. The van der Waals surface area contributed by atoms with E-state index in [0.29, 0.717) is 10.7 Å². The van der Waals surface area contributed by atoms with Gasteiger partial charge in [0.15, 0.2) is 0 Å². The van der Waals surface area contributed by atoms with Crippen LogP contribution in [0.25, 0.3) is 0 Å². The molecule has 0 heterocycles. The maximum Gasteiger partial charge on any atom is 0.310 e. The van der Waals surface area contributed by atoms with Crippen LogP contribution in [0.5, 0.6) is 0 Å². The van der Waals surface area contributed by atoms with E-state index in [9.17, 15) is 10.1 Å². The van der Waals surface area contributed by atoms with Gasteiger partial charge in [-0.1, -0.05) is 23.2 Å². The van der Waals surface area contributed by atoms with Crippen LogP contribution in [0.15, 0.2) is 12.1 Å². The van der Waals surface area contributed by atoms with E-state index in [4.69, 9.17) is 23.2 Å². The number of hydrogen-bond acceptors (Lipinski definition) is 3. The van der Waals surface area contributed by atoms with Crippen molar-refractivity contribution in [1.29, 1.82) is 0 Å². The molecular formula is C7H6Cl2N2O2. The second kappa shape index (κ2) is 3.81. The standard InChI is InChI=1S/C7H6Cl2N2O2/c1-10-6-3-4(8)2-5(9)7(6)11(12)13/h2-3,10H,1H3. The SMILES string of the molecule is CNc1cc(Cl)cc(Cl)c1[N+](=O)[O-]. The Morgan fingerprint density at radius 1 is 1.46 bits per heavy atom. The van der Waals surface area contributed by atoms with Crippen LogP contribution in [-0.4, -0.2) is 12.0 Å². The number of nitro groups is 1. The highest BCUT2D eigenvalue weighted by molar-refractivity contribution is 6.36. The number of anilines is 1. The van der Waals surface area contributed by atoms with Gasteiger partial charge >= 0.3 is 5.69 Å². The average Bonchev–Trinajstić information content (AvgIpc) is 2.01. The predicted molar refractivity (Wildman–Crippen MR) is 52.7 cm³/mol. The number of nitrogens with zero attached hydrogens (tertiary/aromatic N) is 1. The summed E-state index contributed by atoms with van der Waals surface area (Å²) in [5.41, 5.74) is 0.149. The van der Waals surface area contributed by atoms with Crippen LogP contribution in [-0.2, 0) is 0 Å². The van der Waals surface area contributed by atoms with E-state index in [-0.39, 0.29) is 10.7 Å². The first-order valence-corrected chi connectivity index (χ1v) is 4.13. The Balaban J connectivity index is 3.38. The van der Waals surface area contributed by atoms with Crippen LogP contribution < -0.4 is 5.32 Å².